The Kier molecular flexibility index (Phi) is 5.09. The summed E-state index contributed by atoms with van der Waals surface area (Å²) in [6, 6.07) is 23.3. The van der Waals surface area contributed by atoms with E-state index in [0.717, 1.165) is 22.4 Å². The Morgan fingerprint density at radius 2 is 1.55 bits per heavy atom. The molecule has 4 heteroatoms. The topological polar surface area (TPSA) is 38.8 Å². The molecule has 146 valence electrons. The molecule has 0 amide bonds. The number of fused-ring (bicyclic) bond motifs is 1. The monoisotopic (exact) mass is 385 g/mol. The second-order valence-electron chi connectivity index (χ2n) is 7.22. The van der Waals surface area contributed by atoms with Crippen LogP contribution >= 0.6 is 0 Å². The van der Waals surface area contributed by atoms with Gasteiger partial charge in [-0.3, -0.25) is 4.79 Å². The SMILES string of the molecule is COc1ccc(Oc2cccc3c2C(=O)/C(=C\N(C)C)[C@H]3c2ccccc2)cc1. The first kappa shape index (κ1) is 18.8. The number of ether oxygens (including phenoxy) is 2. The van der Waals surface area contributed by atoms with E-state index in [0.29, 0.717) is 17.1 Å². The van der Waals surface area contributed by atoms with E-state index in [-0.39, 0.29) is 11.7 Å². The van der Waals surface area contributed by atoms with E-state index in [1.54, 1.807) is 7.11 Å². The number of benzene rings is 3. The van der Waals surface area contributed by atoms with Gasteiger partial charge >= 0.3 is 0 Å². The molecule has 0 saturated heterocycles. The van der Waals surface area contributed by atoms with Crippen molar-refractivity contribution in [2.24, 2.45) is 0 Å². The fourth-order valence-electron chi connectivity index (χ4n) is 3.75. The van der Waals surface area contributed by atoms with Crippen molar-refractivity contribution >= 4 is 5.78 Å². The molecule has 0 bridgehead atoms. The summed E-state index contributed by atoms with van der Waals surface area (Å²) in [6.45, 7) is 0. The maximum atomic E-state index is 13.4. The molecule has 0 spiro atoms. The lowest BCUT2D eigenvalue weighted by atomic mass is 9.90. The van der Waals surface area contributed by atoms with Gasteiger partial charge in [-0.1, -0.05) is 42.5 Å². The van der Waals surface area contributed by atoms with Crippen LogP contribution in [0.2, 0.25) is 0 Å². The Morgan fingerprint density at radius 3 is 2.21 bits per heavy atom. The molecule has 3 aromatic rings. The quantitative estimate of drug-likeness (QED) is 0.562. The summed E-state index contributed by atoms with van der Waals surface area (Å²) < 4.78 is 11.3. The van der Waals surface area contributed by atoms with Gasteiger partial charge in [-0.25, -0.2) is 0 Å². The van der Waals surface area contributed by atoms with Gasteiger partial charge in [-0.2, -0.15) is 0 Å². The van der Waals surface area contributed by atoms with Crippen LogP contribution in [0.3, 0.4) is 0 Å². The lowest BCUT2D eigenvalue weighted by Gasteiger charge is -2.16. The molecule has 29 heavy (non-hydrogen) atoms. The van der Waals surface area contributed by atoms with E-state index in [4.69, 9.17) is 9.47 Å². The third-order valence-electron chi connectivity index (χ3n) is 4.99. The number of rotatable bonds is 5. The largest absolute Gasteiger partial charge is 0.497 e. The molecule has 0 N–H and O–H groups in total. The minimum atomic E-state index is -0.111. The predicted octanol–water partition coefficient (Wildman–Crippen LogP) is 5.26. The molecule has 0 fully saturated rings. The molecule has 1 aliphatic carbocycles. The average molecular weight is 385 g/mol. The van der Waals surface area contributed by atoms with Gasteiger partial charge in [-0.05, 0) is 41.5 Å². The highest BCUT2D eigenvalue weighted by Crippen LogP contribution is 2.46. The molecule has 0 radical (unpaired) electrons. The van der Waals surface area contributed by atoms with E-state index in [2.05, 4.69) is 12.1 Å². The summed E-state index contributed by atoms with van der Waals surface area (Å²) in [6.07, 6.45) is 1.91. The Hall–Kier alpha value is -3.53. The molecule has 3 aromatic carbocycles. The van der Waals surface area contributed by atoms with E-state index in [1.807, 2.05) is 85.9 Å². The summed E-state index contributed by atoms with van der Waals surface area (Å²) in [5.74, 6) is 1.88. The van der Waals surface area contributed by atoms with E-state index in [9.17, 15) is 4.79 Å². The molecule has 0 aliphatic heterocycles. The molecule has 0 aromatic heterocycles. The third kappa shape index (κ3) is 3.61. The number of Topliss-reactive ketones (excluding diaryl/α,β-unsaturated/α-hetero) is 1. The Balaban J connectivity index is 1.80. The second kappa shape index (κ2) is 7.84. The molecular formula is C25H23NO3. The normalized spacial score (nSPS) is 16.6. The number of carbonyl (C=O) groups is 1. The standard InChI is InChI=1S/C25H23NO3/c1-26(2)16-21-23(17-8-5-4-6-9-17)20-10-7-11-22(24(20)25(21)27)29-19-14-12-18(28-3)13-15-19/h4-16,23H,1-3H3/b21-16-/t23-/m0/s1. The fraction of sp³-hybridized carbons (Fsp3) is 0.160. The molecule has 1 aliphatic rings. The molecule has 0 saturated carbocycles. The van der Waals surface area contributed by atoms with Crippen LogP contribution in [0.1, 0.15) is 27.4 Å². The number of allylic oxidation sites excluding steroid dienone is 1. The number of nitrogens with zero attached hydrogens (tertiary/aromatic N) is 1. The fourth-order valence-corrected chi connectivity index (χ4v) is 3.75. The number of carbonyl (C=O) groups excluding carboxylic acids is 1. The van der Waals surface area contributed by atoms with Crippen LogP contribution in [0.25, 0.3) is 0 Å². The van der Waals surface area contributed by atoms with E-state index in [1.165, 1.54) is 0 Å². The smallest absolute Gasteiger partial charge is 0.195 e. The first-order valence-electron chi connectivity index (χ1n) is 9.51. The Labute approximate surface area is 171 Å². The van der Waals surface area contributed by atoms with Gasteiger partial charge in [-0.15, -0.1) is 0 Å². The van der Waals surface area contributed by atoms with Crippen molar-refractivity contribution in [3.63, 3.8) is 0 Å². The predicted molar refractivity (Wildman–Crippen MR) is 114 cm³/mol. The van der Waals surface area contributed by atoms with Gasteiger partial charge < -0.3 is 14.4 Å². The zero-order valence-electron chi connectivity index (χ0n) is 16.8. The van der Waals surface area contributed by atoms with Gasteiger partial charge in [0.05, 0.1) is 12.7 Å². The van der Waals surface area contributed by atoms with Crippen molar-refractivity contribution in [1.82, 2.24) is 4.90 Å². The minimum absolute atomic E-state index is 0.00617. The highest BCUT2D eigenvalue weighted by molar-refractivity contribution is 6.16. The third-order valence-corrected chi connectivity index (χ3v) is 4.99. The molecule has 0 unspecified atom stereocenters. The van der Waals surface area contributed by atoms with Crippen LogP contribution in [-0.2, 0) is 0 Å². The Morgan fingerprint density at radius 1 is 0.862 bits per heavy atom. The van der Waals surface area contributed by atoms with Crippen molar-refractivity contribution in [3.05, 3.63) is 101 Å². The summed E-state index contributed by atoms with van der Waals surface area (Å²) in [4.78, 5) is 15.3. The van der Waals surface area contributed by atoms with E-state index < -0.39 is 0 Å². The van der Waals surface area contributed by atoms with Gasteiger partial charge in [0, 0.05) is 31.8 Å². The van der Waals surface area contributed by atoms with E-state index >= 15 is 0 Å². The van der Waals surface area contributed by atoms with Crippen LogP contribution < -0.4 is 9.47 Å². The first-order valence-corrected chi connectivity index (χ1v) is 9.51. The zero-order chi connectivity index (χ0) is 20.4. The maximum Gasteiger partial charge on any atom is 0.195 e. The number of hydrogen-bond acceptors (Lipinski definition) is 4. The summed E-state index contributed by atoms with van der Waals surface area (Å²) in [5, 5.41) is 0. The summed E-state index contributed by atoms with van der Waals surface area (Å²) >= 11 is 0. The molecule has 4 nitrogen and oxygen atoms in total. The lowest BCUT2D eigenvalue weighted by Crippen LogP contribution is -2.09. The zero-order valence-corrected chi connectivity index (χ0v) is 16.8. The highest BCUT2D eigenvalue weighted by atomic mass is 16.5. The lowest BCUT2D eigenvalue weighted by molar-refractivity contribution is 0.103. The van der Waals surface area contributed by atoms with Gasteiger partial charge in [0.15, 0.2) is 5.78 Å². The number of methoxy groups -OCH3 is 1. The first-order chi connectivity index (χ1) is 14.1. The number of ketones is 1. The summed E-state index contributed by atoms with van der Waals surface area (Å²) in [7, 11) is 5.49. The van der Waals surface area contributed by atoms with Crippen molar-refractivity contribution < 1.29 is 14.3 Å². The van der Waals surface area contributed by atoms with Crippen molar-refractivity contribution in [2.45, 2.75) is 5.92 Å². The van der Waals surface area contributed by atoms with Crippen LogP contribution in [0.4, 0.5) is 0 Å². The van der Waals surface area contributed by atoms with Gasteiger partial charge in [0.1, 0.15) is 17.2 Å². The molecule has 4 rings (SSSR count). The van der Waals surface area contributed by atoms with Crippen LogP contribution in [0.15, 0.2) is 84.6 Å². The van der Waals surface area contributed by atoms with Crippen molar-refractivity contribution in [3.8, 4) is 17.2 Å². The van der Waals surface area contributed by atoms with Crippen LogP contribution in [0.5, 0.6) is 17.2 Å². The van der Waals surface area contributed by atoms with Gasteiger partial charge in [0.25, 0.3) is 0 Å². The van der Waals surface area contributed by atoms with Gasteiger partial charge in [0.2, 0.25) is 0 Å². The maximum absolute atomic E-state index is 13.4. The van der Waals surface area contributed by atoms with Crippen molar-refractivity contribution in [1.29, 1.82) is 0 Å². The average Bonchev–Trinajstić information content (AvgIpc) is 3.01. The second-order valence-corrected chi connectivity index (χ2v) is 7.22. The minimum Gasteiger partial charge on any atom is -0.497 e. The Bertz CT molecular complexity index is 1050. The number of hydrogen-bond donors (Lipinski definition) is 0. The molecule has 0 heterocycles. The van der Waals surface area contributed by atoms with Crippen LogP contribution in [-0.4, -0.2) is 31.9 Å². The highest BCUT2D eigenvalue weighted by Gasteiger charge is 2.38. The van der Waals surface area contributed by atoms with Crippen LogP contribution in [0, 0.1) is 0 Å². The molecular weight excluding hydrogens is 362 g/mol. The van der Waals surface area contributed by atoms with Crippen molar-refractivity contribution in [2.75, 3.05) is 21.2 Å². The molecule has 1 atom stereocenters. The summed E-state index contributed by atoms with van der Waals surface area (Å²) in [5.41, 5.74) is 3.45.